The standard InChI is InChI=1S/C26H27FN6O4/c1-16-7-13-21(36-16)24(26(35)28-19-5-3-4-6-19)33(20-11-9-18(27)10-12-20)23(34)15-32-30-25(29-31-32)22-14-8-17(2)37-22/h7-14,19,24H,3-6,15H2,1-2H3,(H,28,35)/t24-/m1/s1. The topological polar surface area (TPSA) is 119 Å². The normalized spacial score (nSPS) is 14.6. The van der Waals surface area contributed by atoms with Crippen molar-refractivity contribution in [2.24, 2.45) is 0 Å². The van der Waals surface area contributed by atoms with E-state index in [4.69, 9.17) is 8.83 Å². The predicted octanol–water partition coefficient (Wildman–Crippen LogP) is 4.12. The molecule has 10 nitrogen and oxygen atoms in total. The van der Waals surface area contributed by atoms with E-state index in [1.165, 1.54) is 29.2 Å². The Labute approximate surface area is 212 Å². The number of aryl methyl sites for hydroxylation is 2. The van der Waals surface area contributed by atoms with Crippen molar-refractivity contribution < 1.29 is 22.8 Å². The molecule has 0 saturated heterocycles. The van der Waals surface area contributed by atoms with Gasteiger partial charge in [-0.3, -0.25) is 14.5 Å². The Balaban J connectivity index is 1.49. The SMILES string of the molecule is Cc1ccc(-c2nnn(CC(=O)N(c3ccc(F)cc3)[C@@H](C(=O)NC3CCCC3)c3ccc(C)o3)n2)o1. The number of amides is 2. The van der Waals surface area contributed by atoms with Crippen LogP contribution >= 0.6 is 0 Å². The van der Waals surface area contributed by atoms with Gasteiger partial charge in [0.15, 0.2) is 11.8 Å². The van der Waals surface area contributed by atoms with Gasteiger partial charge in [0, 0.05) is 11.7 Å². The summed E-state index contributed by atoms with van der Waals surface area (Å²) in [4.78, 5) is 29.8. The molecule has 1 aliphatic carbocycles. The Bertz CT molecular complexity index is 1390. The minimum Gasteiger partial charge on any atom is -0.464 e. The van der Waals surface area contributed by atoms with Crippen molar-refractivity contribution >= 4 is 17.5 Å². The highest BCUT2D eigenvalue weighted by molar-refractivity contribution is 6.01. The van der Waals surface area contributed by atoms with E-state index in [-0.39, 0.29) is 24.3 Å². The highest BCUT2D eigenvalue weighted by Gasteiger charge is 2.36. The molecule has 2 amide bonds. The van der Waals surface area contributed by atoms with Gasteiger partial charge in [-0.25, -0.2) is 4.39 Å². The van der Waals surface area contributed by atoms with E-state index in [9.17, 15) is 14.0 Å². The molecule has 1 N–H and O–H groups in total. The van der Waals surface area contributed by atoms with E-state index in [1.54, 1.807) is 38.1 Å². The lowest BCUT2D eigenvalue weighted by Gasteiger charge is -2.30. The first kappa shape index (κ1) is 24.4. The monoisotopic (exact) mass is 506 g/mol. The summed E-state index contributed by atoms with van der Waals surface area (Å²) in [6, 6.07) is 11.2. The van der Waals surface area contributed by atoms with E-state index >= 15 is 0 Å². The summed E-state index contributed by atoms with van der Waals surface area (Å²) in [6.07, 6.45) is 3.81. The van der Waals surface area contributed by atoms with E-state index in [2.05, 4.69) is 20.7 Å². The molecule has 4 aromatic rings. The van der Waals surface area contributed by atoms with Crippen LogP contribution in [0.25, 0.3) is 11.6 Å². The maximum Gasteiger partial charge on any atom is 0.251 e. The van der Waals surface area contributed by atoms with Crippen LogP contribution < -0.4 is 10.2 Å². The minimum absolute atomic E-state index is 0.0209. The maximum absolute atomic E-state index is 13.8. The first-order valence-corrected chi connectivity index (χ1v) is 12.2. The van der Waals surface area contributed by atoms with Crippen molar-refractivity contribution in [2.75, 3.05) is 4.90 Å². The highest BCUT2D eigenvalue weighted by atomic mass is 19.1. The van der Waals surface area contributed by atoms with Crippen LogP contribution in [-0.4, -0.2) is 38.1 Å². The van der Waals surface area contributed by atoms with Gasteiger partial charge in [0.05, 0.1) is 0 Å². The number of hydrogen-bond acceptors (Lipinski definition) is 7. The second-order valence-electron chi connectivity index (χ2n) is 9.13. The zero-order chi connectivity index (χ0) is 25.9. The largest absolute Gasteiger partial charge is 0.464 e. The number of tetrazole rings is 1. The average Bonchev–Trinajstić information content (AvgIpc) is 3.67. The van der Waals surface area contributed by atoms with Crippen molar-refractivity contribution in [2.45, 2.75) is 58.2 Å². The first-order valence-electron chi connectivity index (χ1n) is 12.2. The van der Waals surface area contributed by atoms with Gasteiger partial charge in [-0.15, -0.1) is 10.2 Å². The summed E-state index contributed by atoms with van der Waals surface area (Å²) in [6.45, 7) is 3.23. The second-order valence-corrected chi connectivity index (χ2v) is 9.13. The number of aromatic nitrogens is 4. The van der Waals surface area contributed by atoms with Crippen LogP contribution in [0.5, 0.6) is 0 Å². The summed E-state index contributed by atoms with van der Waals surface area (Å²) >= 11 is 0. The number of anilines is 1. The number of benzene rings is 1. The lowest BCUT2D eigenvalue weighted by atomic mass is 10.1. The van der Waals surface area contributed by atoms with E-state index < -0.39 is 17.8 Å². The second kappa shape index (κ2) is 10.4. The Morgan fingerprint density at radius 1 is 1.05 bits per heavy atom. The van der Waals surface area contributed by atoms with Gasteiger partial charge in [-0.1, -0.05) is 12.8 Å². The number of nitrogens with one attached hydrogen (secondary N) is 1. The van der Waals surface area contributed by atoms with Crippen LogP contribution in [0.4, 0.5) is 10.1 Å². The van der Waals surface area contributed by atoms with E-state index in [0.717, 1.165) is 30.5 Å². The summed E-state index contributed by atoms with van der Waals surface area (Å²) in [7, 11) is 0. The van der Waals surface area contributed by atoms with Gasteiger partial charge in [0.1, 0.15) is 29.6 Å². The summed E-state index contributed by atoms with van der Waals surface area (Å²) in [5, 5.41) is 15.3. The molecule has 1 atom stereocenters. The average molecular weight is 507 g/mol. The third-order valence-corrected chi connectivity index (χ3v) is 6.30. The predicted molar refractivity (Wildman–Crippen MR) is 131 cm³/mol. The van der Waals surface area contributed by atoms with Crippen LogP contribution in [0, 0.1) is 19.7 Å². The summed E-state index contributed by atoms with van der Waals surface area (Å²) in [5.41, 5.74) is 0.328. The van der Waals surface area contributed by atoms with Crippen molar-refractivity contribution in [1.82, 2.24) is 25.5 Å². The molecule has 5 rings (SSSR count). The molecule has 0 bridgehead atoms. The fourth-order valence-electron chi connectivity index (χ4n) is 4.52. The van der Waals surface area contributed by atoms with Gasteiger partial charge >= 0.3 is 0 Å². The molecule has 1 aliphatic rings. The quantitative estimate of drug-likeness (QED) is 0.382. The molecular weight excluding hydrogens is 479 g/mol. The lowest BCUT2D eigenvalue weighted by molar-refractivity contribution is -0.128. The van der Waals surface area contributed by atoms with Crippen molar-refractivity contribution in [3.8, 4) is 11.6 Å². The number of rotatable bonds is 8. The van der Waals surface area contributed by atoms with Gasteiger partial charge < -0.3 is 14.2 Å². The van der Waals surface area contributed by atoms with Gasteiger partial charge in [0.25, 0.3) is 11.8 Å². The Kier molecular flexibility index (Phi) is 6.85. The number of carbonyl (C=O) groups excluding carboxylic acids is 2. The fraction of sp³-hybridized carbons (Fsp3) is 0.346. The Hall–Kier alpha value is -4.28. The summed E-state index contributed by atoms with van der Waals surface area (Å²) < 4.78 is 25.1. The third kappa shape index (κ3) is 5.45. The van der Waals surface area contributed by atoms with Crippen LogP contribution in [0.3, 0.4) is 0 Å². The van der Waals surface area contributed by atoms with Gasteiger partial charge in [-0.05, 0) is 80.4 Å². The number of nitrogens with zero attached hydrogens (tertiary/aromatic N) is 5. The lowest BCUT2D eigenvalue weighted by Crippen LogP contribution is -2.47. The molecule has 0 spiro atoms. The van der Waals surface area contributed by atoms with Crippen molar-refractivity contribution in [1.29, 1.82) is 0 Å². The molecular formula is C26H27FN6O4. The number of hydrogen-bond donors (Lipinski definition) is 1. The van der Waals surface area contributed by atoms with Crippen LogP contribution in [0.15, 0.2) is 57.4 Å². The smallest absolute Gasteiger partial charge is 0.251 e. The number of halogens is 1. The molecule has 1 saturated carbocycles. The van der Waals surface area contributed by atoms with Crippen LogP contribution in [0.2, 0.25) is 0 Å². The minimum atomic E-state index is -1.12. The molecule has 192 valence electrons. The molecule has 1 aromatic carbocycles. The van der Waals surface area contributed by atoms with E-state index in [0.29, 0.717) is 28.7 Å². The van der Waals surface area contributed by atoms with Crippen molar-refractivity contribution in [3.63, 3.8) is 0 Å². The summed E-state index contributed by atoms with van der Waals surface area (Å²) in [5.74, 6) is 0.880. The number of carbonyl (C=O) groups is 2. The molecule has 0 unspecified atom stereocenters. The maximum atomic E-state index is 13.8. The Morgan fingerprint density at radius 3 is 2.41 bits per heavy atom. The van der Waals surface area contributed by atoms with Gasteiger partial charge in [0.2, 0.25) is 5.82 Å². The molecule has 3 heterocycles. The molecule has 0 aliphatic heterocycles. The molecule has 11 heteroatoms. The van der Waals surface area contributed by atoms with E-state index in [1.807, 2.05) is 0 Å². The molecule has 37 heavy (non-hydrogen) atoms. The molecule has 1 fully saturated rings. The Morgan fingerprint density at radius 2 is 1.76 bits per heavy atom. The zero-order valence-corrected chi connectivity index (χ0v) is 20.6. The van der Waals surface area contributed by atoms with Gasteiger partial charge in [-0.2, -0.15) is 4.80 Å². The molecule has 3 aromatic heterocycles. The number of furan rings is 2. The van der Waals surface area contributed by atoms with Crippen LogP contribution in [0.1, 0.15) is 49.0 Å². The fourth-order valence-corrected chi connectivity index (χ4v) is 4.52. The molecule has 0 radical (unpaired) electrons. The highest BCUT2D eigenvalue weighted by Crippen LogP contribution is 2.31. The zero-order valence-electron chi connectivity index (χ0n) is 20.6. The van der Waals surface area contributed by atoms with Crippen molar-refractivity contribution in [3.05, 3.63) is 71.6 Å². The van der Waals surface area contributed by atoms with Crippen LogP contribution in [-0.2, 0) is 16.1 Å². The third-order valence-electron chi connectivity index (χ3n) is 6.30. The first-order chi connectivity index (χ1) is 17.9.